The van der Waals surface area contributed by atoms with E-state index in [0.29, 0.717) is 43.3 Å². The van der Waals surface area contributed by atoms with E-state index >= 15 is 0 Å². The molecule has 1 aliphatic heterocycles. The maximum absolute atomic E-state index is 13.5. The van der Waals surface area contributed by atoms with Crippen molar-refractivity contribution in [1.82, 2.24) is 30.1 Å². The molecule has 11 heteroatoms. The predicted octanol–water partition coefficient (Wildman–Crippen LogP) is 4.82. The van der Waals surface area contributed by atoms with Crippen LogP contribution in [-0.2, 0) is 11.7 Å². The topological polar surface area (TPSA) is 82.9 Å². The van der Waals surface area contributed by atoms with Gasteiger partial charge in [-0.2, -0.15) is 13.2 Å². The zero-order chi connectivity index (χ0) is 28.1. The minimum atomic E-state index is -4.40. The number of piperazine rings is 1. The monoisotopic (exact) mass is 539 g/mol. The number of rotatable bonds is 4. The van der Waals surface area contributed by atoms with Gasteiger partial charge in [-0.25, -0.2) is 4.68 Å². The lowest BCUT2D eigenvalue weighted by Gasteiger charge is -2.40. The van der Waals surface area contributed by atoms with Gasteiger partial charge in [-0.05, 0) is 98.0 Å². The van der Waals surface area contributed by atoms with E-state index in [9.17, 15) is 18.0 Å². The third-order valence-corrected chi connectivity index (χ3v) is 7.37. The Balaban J connectivity index is 1.53. The van der Waals surface area contributed by atoms with Crippen LogP contribution in [0.5, 0.6) is 0 Å². The SMILES string of the molecule is Cc1cc2cc([C@H](c3nnnn3C(C)(C)C)N3CCN(c4cccc(C(F)(F)F)c4)CC3)c(=O)[nH]c2cc1C. The maximum atomic E-state index is 13.5. The van der Waals surface area contributed by atoms with Gasteiger partial charge in [0, 0.05) is 42.9 Å². The Morgan fingerprint density at radius 2 is 1.64 bits per heavy atom. The van der Waals surface area contributed by atoms with Crippen LogP contribution in [0, 0.1) is 13.8 Å². The second kappa shape index (κ2) is 9.78. The van der Waals surface area contributed by atoms with Gasteiger partial charge in [0.25, 0.3) is 5.56 Å². The van der Waals surface area contributed by atoms with Crippen molar-refractivity contribution < 1.29 is 13.2 Å². The van der Waals surface area contributed by atoms with Crippen LogP contribution < -0.4 is 10.5 Å². The minimum Gasteiger partial charge on any atom is -0.369 e. The summed E-state index contributed by atoms with van der Waals surface area (Å²) in [5.41, 5.74) is 2.69. The Morgan fingerprint density at radius 3 is 2.31 bits per heavy atom. The van der Waals surface area contributed by atoms with E-state index in [-0.39, 0.29) is 5.56 Å². The van der Waals surface area contributed by atoms with E-state index in [2.05, 4.69) is 31.5 Å². The number of aryl methyl sites for hydroxylation is 2. The molecule has 0 radical (unpaired) electrons. The Bertz CT molecular complexity index is 1560. The largest absolute Gasteiger partial charge is 0.416 e. The van der Waals surface area contributed by atoms with E-state index in [1.165, 1.54) is 12.1 Å². The van der Waals surface area contributed by atoms with Crippen LogP contribution in [0.25, 0.3) is 10.9 Å². The van der Waals surface area contributed by atoms with Gasteiger partial charge >= 0.3 is 6.18 Å². The molecule has 2 aromatic carbocycles. The highest BCUT2D eigenvalue weighted by Crippen LogP contribution is 2.34. The van der Waals surface area contributed by atoms with Gasteiger partial charge in [-0.15, -0.1) is 5.10 Å². The zero-order valence-electron chi connectivity index (χ0n) is 22.7. The number of aromatic amines is 1. The number of aromatic nitrogens is 5. The Hall–Kier alpha value is -3.73. The summed E-state index contributed by atoms with van der Waals surface area (Å²) in [6.07, 6.45) is -4.40. The minimum absolute atomic E-state index is 0.223. The molecule has 39 heavy (non-hydrogen) atoms. The number of fused-ring (bicyclic) bond motifs is 1. The highest BCUT2D eigenvalue weighted by atomic mass is 19.4. The molecule has 0 unspecified atom stereocenters. The summed E-state index contributed by atoms with van der Waals surface area (Å²) in [5.74, 6) is 0.545. The standard InChI is InChI=1S/C28H32F3N7O/c1-17-13-19-15-22(26(39)32-23(19)14-18(17)2)24(25-33-34-35-38(25)27(3,4)5)37-11-9-36(10-12-37)21-8-6-7-20(16-21)28(29,30)31/h6-8,13-16,24H,9-12H2,1-5H3,(H,32,39)/t24-/m1/s1. The number of hydrogen-bond donors (Lipinski definition) is 1. The normalized spacial score (nSPS) is 16.2. The van der Waals surface area contributed by atoms with Crippen molar-refractivity contribution in [3.05, 3.63) is 80.9 Å². The lowest BCUT2D eigenvalue weighted by atomic mass is 9.99. The molecule has 1 aliphatic rings. The number of benzene rings is 2. The van der Waals surface area contributed by atoms with Gasteiger partial charge in [0.2, 0.25) is 0 Å². The molecule has 0 bridgehead atoms. The summed E-state index contributed by atoms with van der Waals surface area (Å²) in [4.78, 5) is 20.6. The van der Waals surface area contributed by atoms with Gasteiger partial charge in [-0.1, -0.05) is 6.07 Å². The Morgan fingerprint density at radius 1 is 0.949 bits per heavy atom. The number of alkyl halides is 3. The van der Waals surface area contributed by atoms with Gasteiger partial charge in [0.15, 0.2) is 5.82 Å². The van der Waals surface area contributed by atoms with E-state index in [4.69, 9.17) is 0 Å². The number of anilines is 1. The molecule has 3 heterocycles. The second-order valence-electron chi connectivity index (χ2n) is 11.2. The number of H-pyrrole nitrogens is 1. The third-order valence-electron chi connectivity index (χ3n) is 7.37. The molecule has 1 atom stereocenters. The van der Waals surface area contributed by atoms with E-state index < -0.39 is 23.3 Å². The number of pyridine rings is 1. The van der Waals surface area contributed by atoms with Crippen LogP contribution in [0.3, 0.4) is 0 Å². The van der Waals surface area contributed by atoms with Gasteiger partial charge < -0.3 is 9.88 Å². The first-order valence-corrected chi connectivity index (χ1v) is 12.9. The summed E-state index contributed by atoms with van der Waals surface area (Å²) >= 11 is 0. The van der Waals surface area contributed by atoms with Crippen LogP contribution in [-0.4, -0.2) is 56.3 Å². The lowest BCUT2D eigenvalue weighted by Crippen LogP contribution is -2.49. The molecule has 0 amide bonds. The first-order valence-electron chi connectivity index (χ1n) is 12.9. The average molecular weight is 540 g/mol. The highest BCUT2D eigenvalue weighted by molar-refractivity contribution is 5.81. The smallest absolute Gasteiger partial charge is 0.369 e. The molecule has 2 aromatic heterocycles. The molecule has 0 aliphatic carbocycles. The van der Waals surface area contributed by atoms with Gasteiger partial charge in [0.05, 0.1) is 11.1 Å². The van der Waals surface area contributed by atoms with Crippen molar-refractivity contribution in [2.45, 2.75) is 52.4 Å². The van der Waals surface area contributed by atoms with Crippen molar-refractivity contribution in [3.8, 4) is 0 Å². The van der Waals surface area contributed by atoms with E-state index in [1.807, 2.05) is 51.7 Å². The molecule has 206 valence electrons. The van der Waals surface area contributed by atoms with Crippen molar-refractivity contribution in [2.75, 3.05) is 31.1 Å². The lowest BCUT2D eigenvalue weighted by molar-refractivity contribution is -0.137. The quantitative estimate of drug-likeness (QED) is 0.401. The summed E-state index contributed by atoms with van der Waals surface area (Å²) in [5, 5.41) is 13.5. The number of hydrogen-bond acceptors (Lipinski definition) is 6. The second-order valence-corrected chi connectivity index (χ2v) is 11.2. The summed E-state index contributed by atoms with van der Waals surface area (Å²) in [7, 11) is 0. The van der Waals surface area contributed by atoms with Crippen molar-refractivity contribution >= 4 is 16.6 Å². The molecule has 1 N–H and O–H groups in total. The van der Waals surface area contributed by atoms with Crippen LogP contribution >= 0.6 is 0 Å². The summed E-state index contributed by atoms with van der Waals surface area (Å²) in [6, 6.07) is 10.8. The Kier molecular flexibility index (Phi) is 6.74. The molecule has 0 spiro atoms. The number of tetrazole rings is 1. The number of nitrogens with one attached hydrogen (secondary N) is 1. The first-order chi connectivity index (χ1) is 18.3. The molecular formula is C28H32F3N7O. The molecule has 5 rings (SSSR count). The summed E-state index contributed by atoms with van der Waals surface area (Å²) < 4.78 is 41.6. The fourth-order valence-electron chi connectivity index (χ4n) is 5.16. The van der Waals surface area contributed by atoms with Crippen molar-refractivity contribution in [3.63, 3.8) is 0 Å². The zero-order valence-corrected chi connectivity index (χ0v) is 22.7. The highest BCUT2D eigenvalue weighted by Gasteiger charge is 2.36. The molecule has 1 saturated heterocycles. The van der Waals surface area contributed by atoms with Crippen molar-refractivity contribution in [1.29, 1.82) is 0 Å². The van der Waals surface area contributed by atoms with Crippen molar-refractivity contribution in [2.24, 2.45) is 0 Å². The summed E-state index contributed by atoms with van der Waals surface area (Å²) in [6.45, 7) is 12.0. The van der Waals surface area contributed by atoms with Crippen LogP contribution in [0.15, 0.2) is 47.3 Å². The third kappa shape index (κ3) is 5.27. The predicted molar refractivity (Wildman–Crippen MR) is 144 cm³/mol. The average Bonchev–Trinajstić information content (AvgIpc) is 3.36. The van der Waals surface area contributed by atoms with Crippen LogP contribution in [0.1, 0.15) is 54.9 Å². The fraction of sp³-hybridized carbons (Fsp3) is 0.429. The molecular weight excluding hydrogens is 507 g/mol. The number of halogens is 3. The number of nitrogens with zero attached hydrogens (tertiary/aromatic N) is 6. The van der Waals surface area contributed by atoms with Gasteiger partial charge in [-0.3, -0.25) is 9.69 Å². The molecule has 1 fully saturated rings. The van der Waals surface area contributed by atoms with E-state index in [1.54, 1.807) is 10.7 Å². The maximum Gasteiger partial charge on any atom is 0.416 e. The Labute approximate surface area is 224 Å². The molecule has 8 nitrogen and oxygen atoms in total. The molecule has 4 aromatic rings. The van der Waals surface area contributed by atoms with E-state index in [0.717, 1.165) is 28.1 Å². The van der Waals surface area contributed by atoms with Crippen LogP contribution in [0.4, 0.5) is 18.9 Å². The van der Waals surface area contributed by atoms with Gasteiger partial charge in [0.1, 0.15) is 6.04 Å². The molecule has 0 saturated carbocycles. The fourth-order valence-corrected chi connectivity index (χ4v) is 5.16. The van der Waals surface area contributed by atoms with Crippen LogP contribution in [0.2, 0.25) is 0 Å². The first kappa shape index (κ1) is 26.9.